The first-order valence-corrected chi connectivity index (χ1v) is 15.2. The van der Waals surface area contributed by atoms with Gasteiger partial charge in [0, 0.05) is 11.6 Å². The van der Waals surface area contributed by atoms with E-state index in [2.05, 4.69) is 21.3 Å². The summed E-state index contributed by atoms with van der Waals surface area (Å²) >= 11 is 0. The summed E-state index contributed by atoms with van der Waals surface area (Å²) in [6.07, 6.45) is 2.53. The molecular formula is C33H50N4O6. The molecule has 4 atom stereocenters. The fraction of sp³-hybridized carbons (Fsp3) is 0.606. The number of fused-ring (bicyclic) bond motifs is 1. The van der Waals surface area contributed by atoms with Crippen molar-refractivity contribution in [3.63, 3.8) is 0 Å². The van der Waals surface area contributed by atoms with Crippen LogP contribution in [-0.2, 0) is 23.9 Å². The molecule has 0 saturated heterocycles. The summed E-state index contributed by atoms with van der Waals surface area (Å²) in [5.41, 5.74) is 1.84. The second kappa shape index (κ2) is 16.2. The van der Waals surface area contributed by atoms with Crippen LogP contribution >= 0.6 is 0 Å². The quantitative estimate of drug-likeness (QED) is 0.190. The largest absolute Gasteiger partial charge is 0.467 e. The molecule has 10 heteroatoms. The average molecular weight is 599 g/mol. The van der Waals surface area contributed by atoms with Gasteiger partial charge in [0.25, 0.3) is 5.91 Å². The lowest BCUT2D eigenvalue weighted by molar-refractivity contribution is -0.146. The normalized spacial score (nSPS) is 17.7. The van der Waals surface area contributed by atoms with Crippen molar-refractivity contribution in [2.45, 2.75) is 98.8 Å². The Morgan fingerprint density at radius 2 is 1.23 bits per heavy atom. The lowest BCUT2D eigenvalue weighted by atomic mass is 9.84. The fourth-order valence-corrected chi connectivity index (χ4v) is 5.22. The van der Waals surface area contributed by atoms with Gasteiger partial charge in [-0.15, -0.1) is 0 Å². The molecule has 1 aromatic rings. The molecule has 10 nitrogen and oxygen atoms in total. The predicted octanol–water partition coefficient (Wildman–Crippen LogP) is 3.60. The van der Waals surface area contributed by atoms with E-state index < -0.39 is 41.8 Å². The number of carbonyl (C=O) groups excluding carboxylic acids is 5. The Bertz CT molecular complexity index is 1190. The molecule has 0 aliphatic carbocycles. The van der Waals surface area contributed by atoms with Crippen LogP contribution < -0.4 is 21.3 Å². The Morgan fingerprint density at radius 1 is 0.767 bits per heavy atom. The van der Waals surface area contributed by atoms with E-state index in [0.29, 0.717) is 36.0 Å². The first-order chi connectivity index (χ1) is 20.1. The number of hydrogen-bond donors (Lipinski definition) is 4. The van der Waals surface area contributed by atoms with Crippen molar-refractivity contribution in [3.8, 4) is 0 Å². The van der Waals surface area contributed by atoms with E-state index in [9.17, 15) is 24.0 Å². The summed E-state index contributed by atoms with van der Waals surface area (Å²) < 4.78 is 4.88. The van der Waals surface area contributed by atoms with Crippen LogP contribution in [0.15, 0.2) is 30.3 Å². The lowest BCUT2D eigenvalue weighted by Gasteiger charge is -2.31. The van der Waals surface area contributed by atoms with Crippen LogP contribution in [0, 0.1) is 23.7 Å². The minimum absolute atomic E-state index is 0.0194. The predicted molar refractivity (Wildman–Crippen MR) is 167 cm³/mol. The number of esters is 1. The van der Waals surface area contributed by atoms with E-state index in [0.717, 1.165) is 0 Å². The monoisotopic (exact) mass is 598 g/mol. The molecule has 4 N–H and O–H groups in total. The molecule has 0 saturated carbocycles. The zero-order chi connectivity index (χ0) is 32.4. The van der Waals surface area contributed by atoms with Crippen LogP contribution in [-0.4, -0.2) is 60.9 Å². The Labute approximate surface area is 256 Å². The average Bonchev–Trinajstić information content (AvgIpc) is 2.91. The summed E-state index contributed by atoms with van der Waals surface area (Å²) in [7, 11) is 1.27. The van der Waals surface area contributed by atoms with Gasteiger partial charge in [0.2, 0.25) is 17.7 Å². The molecule has 0 unspecified atom stereocenters. The second-order valence-corrected chi connectivity index (χ2v) is 12.9. The van der Waals surface area contributed by atoms with E-state index in [-0.39, 0.29) is 35.6 Å². The molecule has 2 rings (SSSR count). The van der Waals surface area contributed by atoms with Gasteiger partial charge in [-0.1, -0.05) is 73.6 Å². The number of nitrogens with one attached hydrogen (secondary N) is 4. The zero-order valence-corrected chi connectivity index (χ0v) is 27.1. The molecule has 0 bridgehead atoms. The van der Waals surface area contributed by atoms with Crippen molar-refractivity contribution in [2.24, 2.45) is 23.7 Å². The highest BCUT2D eigenvalue weighted by molar-refractivity contribution is 6.07. The molecule has 0 aromatic heterocycles. The van der Waals surface area contributed by atoms with Crippen molar-refractivity contribution in [1.82, 2.24) is 21.3 Å². The first-order valence-electron chi connectivity index (χ1n) is 15.2. The SMILES string of the molecule is COC(=O)[C@H](CC(C)C)NC(=O)[C@@H](CC(C)C)NC(=O)[C@H](CC(C)C)NC(=O)C=C1c2ccccc2C(=O)N[C@H]1C(C)C. The Hall–Kier alpha value is -3.69. The van der Waals surface area contributed by atoms with E-state index in [1.54, 1.807) is 12.1 Å². The summed E-state index contributed by atoms with van der Waals surface area (Å²) in [6.45, 7) is 15.6. The van der Waals surface area contributed by atoms with Crippen molar-refractivity contribution in [2.75, 3.05) is 7.11 Å². The lowest BCUT2D eigenvalue weighted by Crippen LogP contribution is -2.56. The molecular weight excluding hydrogens is 548 g/mol. The highest BCUT2D eigenvalue weighted by Crippen LogP contribution is 2.30. The summed E-state index contributed by atoms with van der Waals surface area (Å²) in [5, 5.41) is 11.4. The molecule has 0 fully saturated rings. The number of ether oxygens (including phenoxy) is 1. The van der Waals surface area contributed by atoms with Gasteiger partial charge < -0.3 is 26.0 Å². The van der Waals surface area contributed by atoms with E-state index in [1.165, 1.54) is 13.2 Å². The number of methoxy groups -OCH3 is 1. The van der Waals surface area contributed by atoms with Crippen LogP contribution in [0.1, 0.15) is 90.6 Å². The summed E-state index contributed by atoms with van der Waals surface area (Å²) in [5.74, 6) is -1.91. The number of rotatable bonds is 14. The molecule has 4 amide bonds. The highest BCUT2D eigenvalue weighted by atomic mass is 16.5. The molecule has 1 aliphatic heterocycles. The van der Waals surface area contributed by atoms with Crippen LogP contribution in [0.3, 0.4) is 0 Å². The topological polar surface area (TPSA) is 143 Å². The van der Waals surface area contributed by atoms with E-state index in [1.807, 2.05) is 67.5 Å². The van der Waals surface area contributed by atoms with Gasteiger partial charge in [-0.2, -0.15) is 0 Å². The van der Waals surface area contributed by atoms with E-state index in [4.69, 9.17) is 4.74 Å². The number of carbonyl (C=O) groups is 5. The van der Waals surface area contributed by atoms with Crippen LogP contribution in [0.4, 0.5) is 0 Å². The third-order valence-electron chi connectivity index (χ3n) is 7.25. The minimum atomic E-state index is -0.914. The van der Waals surface area contributed by atoms with Gasteiger partial charge in [0.05, 0.1) is 13.2 Å². The zero-order valence-electron chi connectivity index (χ0n) is 27.1. The Kier molecular flexibility index (Phi) is 13.4. The number of amides is 4. The van der Waals surface area contributed by atoms with Crippen LogP contribution in [0.5, 0.6) is 0 Å². The number of hydrogen-bond acceptors (Lipinski definition) is 6. The Balaban J connectivity index is 2.31. The maximum absolute atomic E-state index is 13.6. The molecule has 238 valence electrons. The molecule has 0 radical (unpaired) electrons. The van der Waals surface area contributed by atoms with Crippen molar-refractivity contribution < 1.29 is 28.7 Å². The minimum Gasteiger partial charge on any atom is -0.467 e. The van der Waals surface area contributed by atoms with Gasteiger partial charge in [-0.25, -0.2) is 4.79 Å². The molecule has 1 heterocycles. The first kappa shape index (κ1) is 35.5. The maximum atomic E-state index is 13.6. The van der Waals surface area contributed by atoms with Crippen molar-refractivity contribution in [3.05, 3.63) is 41.5 Å². The Morgan fingerprint density at radius 3 is 1.72 bits per heavy atom. The van der Waals surface area contributed by atoms with Gasteiger partial charge in [-0.3, -0.25) is 19.2 Å². The highest BCUT2D eigenvalue weighted by Gasteiger charge is 2.33. The third-order valence-corrected chi connectivity index (χ3v) is 7.25. The number of benzene rings is 1. The fourth-order valence-electron chi connectivity index (χ4n) is 5.22. The molecule has 43 heavy (non-hydrogen) atoms. The molecule has 1 aromatic carbocycles. The van der Waals surface area contributed by atoms with Gasteiger partial charge in [0.15, 0.2) is 0 Å². The van der Waals surface area contributed by atoms with Crippen molar-refractivity contribution in [1.29, 1.82) is 0 Å². The van der Waals surface area contributed by atoms with Crippen molar-refractivity contribution >= 4 is 35.2 Å². The standard InChI is InChI=1S/C33H50N4O6/c1-18(2)14-25(31(40)35-26(15-19(3)4)32(41)36-27(16-20(5)6)33(42)43-9)34-28(38)17-24-22-12-10-11-13-23(22)30(39)37-29(24)21(7)8/h10-13,17-21,25-27,29H,14-16H2,1-9H3,(H,34,38)(H,35,40)(H,36,41)(H,37,39)/t25-,26+,27-,29-/m0/s1. The molecule has 0 spiro atoms. The second-order valence-electron chi connectivity index (χ2n) is 12.9. The van der Waals surface area contributed by atoms with Crippen LogP contribution in [0.25, 0.3) is 5.57 Å². The smallest absolute Gasteiger partial charge is 0.328 e. The van der Waals surface area contributed by atoms with Gasteiger partial charge in [0.1, 0.15) is 18.1 Å². The third kappa shape index (κ3) is 10.5. The summed E-state index contributed by atoms with van der Waals surface area (Å²) in [4.78, 5) is 65.3. The summed E-state index contributed by atoms with van der Waals surface area (Å²) in [6, 6.07) is 4.08. The van der Waals surface area contributed by atoms with E-state index >= 15 is 0 Å². The molecule has 1 aliphatic rings. The maximum Gasteiger partial charge on any atom is 0.328 e. The van der Waals surface area contributed by atoms with Gasteiger partial charge >= 0.3 is 5.97 Å². The van der Waals surface area contributed by atoms with Crippen LogP contribution in [0.2, 0.25) is 0 Å². The van der Waals surface area contributed by atoms with Gasteiger partial charge in [-0.05, 0) is 60.1 Å².